The first-order valence-corrected chi connectivity index (χ1v) is 11.4. The maximum atomic E-state index is 13.1. The van der Waals surface area contributed by atoms with Crippen LogP contribution in [0.1, 0.15) is 37.8 Å². The van der Waals surface area contributed by atoms with Gasteiger partial charge < -0.3 is 0 Å². The van der Waals surface area contributed by atoms with Gasteiger partial charge >= 0.3 is 0 Å². The normalized spacial score (nSPS) is 17.6. The van der Waals surface area contributed by atoms with E-state index in [2.05, 4.69) is 23.6 Å². The fraction of sp³-hybridized carbons (Fsp3) is 0.455. The predicted octanol–water partition coefficient (Wildman–Crippen LogP) is 3.77. The summed E-state index contributed by atoms with van der Waals surface area (Å²) in [7, 11) is -1.66. The molecule has 1 aliphatic heterocycles. The maximum Gasteiger partial charge on any atom is 0.253 e. The van der Waals surface area contributed by atoms with Gasteiger partial charge in [0.1, 0.15) is 5.82 Å². The van der Waals surface area contributed by atoms with Gasteiger partial charge in [0.15, 0.2) is 0 Å². The molecule has 0 spiro atoms. The van der Waals surface area contributed by atoms with Crippen LogP contribution in [0.25, 0.3) is 0 Å². The molecule has 0 unspecified atom stereocenters. The second kappa shape index (κ2) is 8.92. The third kappa shape index (κ3) is 6.34. The molecular formula is C22H30FN3O2S. The highest BCUT2D eigenvalue weighted by molar-refractivity contribution is 7.89. The van der Waals surface area contributed by atoms with Crippen molar-refractivity contribution in [3.05, 3.63) is 65.5 Å². The maximum absolute atomic E-state index is 13.1. The third-order valence-electron chi connectivity index (χ3n) is 5.18. The van der Waals surface area contributed by atoms with Crippen molar-refractivity contribution < 1.29 is 12.8 Å². The van der Waals surface area contributed by atoms with E-state index in [1.54, 1.807) is 30.3 Å². The van der Waals surface area contributed by atoms with Crippen LogP contribution in [0, 0.1) is 11.2 Å². The van der Waals surface area contributed by atoms with Crippen LogP contribution in [0.5, 0.6) is 0 Å². The van der Waals surface area contributed by atoms with Crippen LogP contribution in [-0.4, -0.2) is 38.5 Å². The number of piperidine rings is 1. The average Bonchev–Trinajstić information content (AvgIpc) is 2.62. The van der Waals surface area contributed by atoms with Crippen LogP contribution < -0.4 is 4.83 Å². The van der Waals surface area contributed by atoms with E-state index in [1.807, 2.05) is 18.1 Å². The quantitative estimate of drug-likeness (QED) is 0.742. The highest BCUT2D eigenvalue weighted by Crippen LogP contribution is 2.28. The molecule has 158 valence electrons. The highest BCUT2D eigenvalue weighted by atomic mass is 32.2. The molecule has 0 aromatic heterocycles. The lowest BCUT2D eigenvalue weighted by Gasteiger charge is -2.37. The summed E-state index contributed by atoms with van der Waals surface area (Å²) >= 11 is 0. The van der Waals surface area contributed by atoms with Gasteiger partial charge in [0.2, 0.25) is 0 Å². The van der Waals surface area contributed by atoms with Gasteiger partial charge in [-0.25, -0.2) is 17.8 Å². The van der Waals surface area contributed by atoms with Crippen molar-refractivity contribution in [1.29, 1.82) is 0 Å². The van der Waals surface area contributed by atoms with Gasteiger partial charge in [0.05, 0.1) is 4.90 Å². The van der Waals surface area contributed by atoms with E-state index in [4.69, 9.17) is 0 Å². The molecule has 0 radical (unpaired) electrons. The molecule has 29 heavy (non-hydrogen) atoms. The Kier molecular flexibility index (Phi) is 6.73. The zero-order valence-corrected chi connectivity index (χ0v) is 18.2. The number of sulfonamides is 1. The van der Waals surface area contributed by atoms with Crippen molar-refractivity contribution in [2.45, 2.75) is 44.7 Å². The molecule has 0 atom stereocenters. The van der Waals surface area contributed by atoms with E-state index < -0.39 is 10.0 Å². The van der Waals surface area contributed by atoms with Crippen molar-refractivity contribution in [1.82, 2.24) is 14.7 Å². The number of nitrogens with zero attached hydrogens (tertiary/aromatic N) is 2. The number of rotatable bonds is 7. The van der Waals surface area contributed by atoms with Crippen molar-refractivity contribution in [3.63, 3.8) is 0 Å². The Labute approximate surface area is 173 Å². The minimum atomic E-state index is -3.62. The first-order valence-electron chi connectivity index (χ1n) is 9.92. The molecule has 7 heteroatoms. The molecule has 1 fully saturated rings. The van der Waals surface area contributed by atoms with E-state index in [-0.39, 0.29) is 16.1 Å². The van der Waals surface area contributed by atoms with Gasteiger partial charge in [-0.15, -0.1) is 4.83 Å². The highest BCUT2D eigenvalue weighted by Gasteiger charge is 2.29. The topological polar surface area (TPSA) is 52.7 Å². The summed E-state index contributed by atoms with van der Waals surface area (Å²) in [5, 5.41) is 1.81. The first kappa shape index (κ1) is 21.9. The molecule has 0 amide bonds. The van der Waals surface area contributed by atoms with Crippen molar-refractivity contribution in [2.24, 2.45) is 5.41 Å². The van der Waals surface area contributed by atoms with Crippen LogP contribution in [0.4, 0.5) is 4.39 Å². The van der Waals surface area contributed by atoms with Gasteiger partial charge in [-0.3, -0.25) is 4.90 Å². The standard InChI is InChI=1S/C22H30FN3O2S/c1-22(2)12-5-13-26(17-22)24-29(27,28)21-7-4-6-19(14-21)16-25(3)15-18-8-10-20(23)11-9-18/h4,6-11,14,24H,5,12-13,15-17H2,1-3H3. The molecule has 0 saturated carbocycles. The van der Waals surface area contributed by atoms with Gasteiger partial charge in [-0.2, -0.15) is 0 Å². The Hall–Kier alpha value is -1.80. The molecule has 1 saturated heterocycles. The van der Waals surface area contributed by atoms with E-state index in [9.17, 15) is 12.8 Å². The van der Waals surface area contributed by atoms with Crippen LogP contribution in [-0.2, 0) is 23.1 Å². The number of hydrogen-bond acceptors (Lipinski definition) is 4. The van der Waals surface area contributed by atoms with Gasteiger partial charge in [-0.05, 0) is 60.7 Å². The Morgan fingerprint density at radius 3 is 2.48 bits per heavy atom. The van der Waals surface area contributed by atoms with E-state index in [1.165, 1.54) is 12.1 Å². The first-order chi connectivity index (χ1) is 13.6. The average molecular weight is 420 g/mol. The lowest BCUT2D eigenvalue weighted by Crippen LogP contribution is -2.50. The van der Waals surface area contributed by atoms with E-state index >= 15 is 0 Å². The molecule has 2 aromatic carbocycles. The molecule has 1 N–H and O–H groups in total. The van der Waals surface area contributed by atoms with Gasteiger partial charge in [0.25, 0.3) is 10.0 Å². The number of benzene rings is 2. The number of nitrogens with one attached hydrogen (secondary N) is 1. The molecule has 3 rings (SSSR count). The minimum Gasteiger partial charge on any atom is -0.298 e. The van der Waals surface area contributed by atoms with Crippen molar-refractivity contribution >= 4 is 10.0 Å². The zero-order chi connectivity index (χ0) is 21.1. The molecule has 1 heterocycles. The van der Waals surface area contributed by atoms with E-state index in [0.29, 0.717) is 19.6 Å². The molecule has 0 bridgehead atoms. The lowest BCUT2D eigenvalue weighted by molar-refractivity contribution is 0.0988. The Balaban J connectivity index is 1.65. The van der Waals surface area contributed by atoms with Gasteiger partial charge in [-0.1, -0.05) is 38.1 Å². The SMILES string of the molecule is CN(Cc1ccc(F)cc1)Cc1cccc(S(=O)(=O)NN2CCCC(C)(C)C2)c1. The fourth-order valence-corrected chi connectivity index (χ4v) is 4.97. The Morgan fingerprint density at radius 2 is 1.79 bits per heavy atom. The summed E-state index contributed by atoms with van der Waals surface area (Å²) in [4.78, 5) is 5.09. The Bertz CT molecular complexity index is 929. The largest absolute Gasteiger partial charge is 0.298 e. The number of hydrogen-bond donors (Lipinski definition) is 1. The zero-order valence-electron chi connectivity index (χ0n) is 17.4. The summed E-state index contributed by atoms with van der Waals surface area (Å²) in [5.41, 5.74) is 2.02. The molecular weight excluding hydrogens is 389 g/mol. The van der Waals surface area contributed by atoms with E-state index in [0.717, 1.165) is 30.5 Å². The summed E-state index contributed by atoms with van der Waals surface area (Å²) in [6, 6.07) is 13.5. The smallest absolute Gasteiger partial charge is 0.253 e. The predicted molar refractivity (Wildman–Crippen MR) is 113 cm³/mol. The summed E-state index contributed by atoms with van der Waals surface area (Å²) < 4.78 is 38.8. The van der Waals surface area contributed by atoms with Crippen LogP contribution in [0.15, 0.2) is 53.4 Å². The van der Waals surface area contributed by atoms with Crippen molar-refractivity contribution in [3.8, 4) is 0 Å². The third-order valence-corrected chi connectivity index (χ3v) is 6.55. The monoisotopic (exact) mass is 419 g/mol. The van der Waals surface area contributed by atoms with Crippen molar-refractivity contribution in [2.75, 3.05) is 20.1 Å². The molecule has 1 aliphatic rings. The summed E-state index contributed by atoms with van der Waals surface area (Å²) in [6.07, 6.45) is 2.07. The second-order valence-corrected chi connectivity index (χ2v) is 10.4. The number of halogens is 1. The Morgan fingerprint density at radius 1 is 1.10 bits per heavy atom. The van der Waals surface area contributed by atoms with Crippen LogP contribution >= 0.6 is 0 Å². The molecule has 5 nitrogen and oxygen atoms in total. The fourth-order valence-electron chi connectivity index (χ4n) is 3.80. The summed E-state index contributed by atoms with van der Waals surface area (Å²) in [5.74, 6) is -0.251. The second-order valence-electron chi connectivity index (χ2n) is 8.73. The van der Waals surface area contributed by atoms with Gasteiger partial charge in [0, 0.05) is 26.2 Å². The summed E-state index contributed by atoms with van der Waals surface area (Å²) in [6.45, 7) is 6.99. The van der Waals surface area contributed by atoms with Crippen LogP contribution in [0.3, 0.4) is 0 Å². The number of hydrazine groups is 1. The van der Waals surface area contributed by atoms with Crippen LogP contribution in [0.2, 0.25) is 0 Å². The molecule has 2 aromatic rings. The molecule has 0 aliphatic carbocycles. The minimum absolute atomic E-state index is 0.103. The lowest BCUT2D eigenvalue weighted by atomic mass is 9.85.